The molecule has 0 spiro atoms. The van der Waals surface area contributed by atoms with Crippen molar-refractivity contribution in [2.75, 3.05) is 23.6 Å². The van der Waals surface area contributed by atoms with E-state index >= 15 is 0 Å². The maximum Gasteiger partial charge on any atom is 0.267 e. The monoisotopic (exact) mass is 473 g/mol. The molecule has 9 heteroatoms. The van der Waals surface area contributed by atoms with Crippen molar-refractivity contribution >= 4 is 29.1 Å². The minimum atomic E-state index is -0.932. The molecule has 0 bridgehead atoms. The van der Waals surface area contributed by atoms with E-state index < -0.39 is 12.0 Å². The highest BCUT2D eigenvalue weighted by molar-refractivity contribution is 6.05. The summed E-state index contributed by atoms with van der Waals surface area (Å²) in [6, 6.07) is 19.2. The zero-order valence-corrected chi connectivity index (χ0v) is 18.9. The molecule has 0 fully saturated rings. The second-order valence-corrected chi connectivity index (χ2v) is 8.11. The van der Waals surface area contributed by atoms with Crippen molar-refractivity contribution < 1.29 is 28.6 Å². The number of carbonyl (C=O) groups is 3. The number of benzene rings is 3. The lowest BCUT2D eigenvalue weighted by Crippen LogP contribution is -2.48. The number of hydrogen-bond acceptors (Lipinski definition) is 6. The quantitative estimate of drug-likeness (QED) is 0.590. The van der Waals surface area contributed by atoms with Gasteiger partial charge in [0.15, 0.2) is 17.6 Å². The zero-order valence-electron chi connectivity index (χ0n) is 18.9. The predicted octanol–water partition coefficient (Wildman–Crippen LogP) is 3.10. The normalized spacial score (nSPS) is 15.6. The number of ether oxygens (including phenoxy) is 3. The van der Waals surface area contributed by atoms with Crippen molar-refractivity contribution in [3.05, 3.63) is 77.9 Å². The Hall–Kier alpha value is -4.53. The summed E-state index contributed by atoms with van der Waals surface area (Å²) in [6.07, 6.45) is -0.932. The molecule has 2 N–H and O–H groups in total. The molecule has 9 nitrogen and oxygen atoms in total. The van der Waals surface area contributed by atoms with E-state index in [9.17, 15) is 14.4 Å². The Kier molecular flexibility index (Phi) is 5.97. The summed E-state index contributed by atoms with van der Waals surface area (Å²) in [5.74, 6) is 0.758. The lowest BCUT2D eigenvalue weighted by molar-refractivity contribution is -0.123. The van der Waals surface area contributed by atoms with Gasteiger partial charge in [0.25, 0.3) is 11.8 Å². The molecular formula is C26H23N3O6. The minimum absolute atomic E-state index is 0.0661. The fraction of sp³-hybridized carbons (Fsp3) is 0.192. The fourth-order valence-electron chi connectivity index (χ4n) is 4.00. The van der Waals surface area contributed by atoms with Gasteiger partial charge < -0.3 is 29.7 Å². The van der Waals surface area contributed by atoms with Crippen molar-refractivity contribution in [2.24, 2.45) is 0 Å². The number of hydrogen-bond donors (Lipinski definition) is 2. The van der Waals surface area contributed by atoms with Crippen LogP contribution in [0, 0.1) is 0 Å². The van der Waals surface area contributed by atoms with Crippen LogP contribution in [-0.4, -0.2) is 37.2 Å². The number of amides is 3. The maximum absolute atomic E-state index is 13.1. The van der Waals surface area contributed by atoms with Gasteiger partial charge in [-0.05, 0) is 42.0 Å². The molecule has 35 heavy (non-hydrogen) atoms. The molecule has 2 heterocycles. The molecule has 0 saturated carbocycles. The van der Waals surface area contributed by atoms with Gasteiger partial charge in [-0.3, -0.25) is 14.4 Å². The number of rotatable bonds is 5. The van der Waals surface area contributed by atoms with Gasteiger partial charge in [0.05, 0.1) is 23.5 Å². The van der Waals surface area contributed by atoms with E-state index in [4.69, 9.17) is 14.2 Å². The van der Waals surface area contributed by atoms with Crippen LogP contribution in [0.4, 0.5) is 11.4 Å². The molecule has 3 aromatic carbocycles. The van der Waals surface area contributed by atoms with E-state index in [2.05, 4.69) is 10.6 Å². The summed E-state index contributed by atoms with van der Waals surface area (Å²) in [5, 5.41) is 5.65. The van der Waals surface area contributed by atoms with Crippen molar-refractivity contribution in [3.8, 4) is 17.2 Å². The third-order valence-corrected chi connectivity index (χ3v) is 5.77. The van der Waals surface area contributed by atoms with Gasteiger partial charge in [-0.2, -0.15) is 0 Å². The van der Waals surface area contributed by atoms with Crippen LogP contribution in [0.5, 0.6) is 17.2 Å². The Morgan fingerprint density at radius 2 is 1.71 bits per heavy atom. The highest BCUT2D eigenvalue weighted by atomic mass is 16.7. The Bertz CT molecular complexity index is 1310. The topological polar surface area (TPSA) is 106 Å². The van der Waals surface area contributed by atoms with E-state index in [1.165, 1.54) is 11.8 Å². The van der Waals surface area contributed by atoms with Gasteiger partial charge >= 0.3 is 0 Å². The highest BCUT2D eigenvalue weighted by Gasteiger charge is 2.33. The molecule has 0 aliphatic carbocycles. The summed E-state index contributed by atoms with van der Waals surface area (Å²) in [6.45, 7) is 1.96. The summed E-state index contributed by atoms with van der Waals surface area (Å²) in [5.41, 5.74) is 2.12. The first-order valence-electron chi connectivity index (χ1n) is 11.1. The third-order valence-electron chi connectivity index (χ3n) is 5.77. The molecule has 1 atom stereocenters. The molecule has 0 saturated heterocycles. The highest BCUT2D eigenvalue weighted by Crippen LogP contribution is 2.34. The van der Waals surface area contributed by atoms with Gasteiger partial charge in [-0.15, -0.1) is 0 Å². The third kappa shape index (κ3) is 4.61. The SMILES string of the molecule is CC(=O)N1CC(C(=O)Nc2ccccc2C(=O)NCc2ccc3c(c2)OCO3)Oc2ccccc21. The van der Waals surface area contributed by atoms with Gasteiger partial charge in [0.1, 0.15) is 5.75 Å². The van der Waals surface area contributed by atoms with Crippen molar-refractivity contribution in [1.82, 2.24) is 5.32 Å². The van der Waals surface area contributed by atoms with Crippen LogP contribution in [-0.2, 0) is 16.1 Å². The number of carbonyl (C=O) groups excluding carboxylic acids is 3. The Morgan fingerprint density at radius 3 is 2.57 bits per heavy atom. The summed E-state index contributed by atoms with van der Waals surface area (Å²) in [4.78, 5) is 39.7. The first kappa shape index (κ1) is 22.3. The summed E-state index contributed by atoms with van der Waals surface area (Å²) >= 11 is 0. The van der Waals surface area contributed by atoms with Crippen LogP contribution >= 0.6 is 0 Å². The first-order valence-corrected chi connectivity index (χ1v) is 11.1. The second kappa shape index (κ2) is 9.38. The average Bonchev–Trinajstić information content (AvgIpc) is 3.35. The first-order chi connectivity index (χ1) is 17.0. The lowest BCUT2D eigenvalue weighted by Gasteiger charge is -2.33. The van der Waals surface area contributed by atoms with E-state index in [1.807, 2.05) is 12.1 Å². The van der Waals surface area contributed by atoms with Crippen molar-refractivity contribution in [2.45, 2.75) is 19.6 Å². The Labute approximate surface area is 201 Å². The lowest BCUT2D eigenvalue weighted by atomic mass is 10.1. The standard InChI is InChI=1S/C26H23N3O6/c1-16(30)29-14-24(35-21-9-5-4-8-20(21)29)26(32)28-19-7-3-2-6-18(19)25(31)27-13-17-10-11-22-23(12-17)34-15-33-22/h2-12,24H,13-15H2,1H3,(H,27,31)(H,28,32). The van der Waals surface area contributed by atoms with E-state index in [1.54, 1.807) is 54.6 Å². The van der Waals surface area contributed by atoms with Crippen LogP contribution in [0.2, 0.25) is 0 Å². The van der Waals surface area contributed by atoms with Crippen molar-refractivity contribution in [3.63, 3.8) is 0 Å². The molecule has 2 aliphatic heterocycles. The summed E-state index contributed by atoms with van der Waals surface area (Å²) in [7, 11) is 0. The predicted molar refractivity (Wildman–Crippen MR) is 128 cm³/mol. The Balaban J connectivity index is 1.28. The molecule has 2 aliphatic rings. The number of fused-ring (bicyclic) bond motifs is 2. The number of para-hydroxylation sites is 3. The molecule has 0 aromatic heterocycles. The number of nitrogens with zero attached hydrogens (tertiary/aromatic N) is 1. The molecule has 5 rings (SSSR count). The van der Waals surface area contributed by atoms with Gasteiger partial charge in [-0.25, -0.2) is 0 Å². The maximum atomic E-state index is 13.1. The average molecular weight is 473 g/mol. The number of nitrogens with one attached hydrogen (secondary N) is 2. The van der Waals surface area contributed by atoms with Crippen LogP contribution < -0.4 is 29.7 Å². The fourth-order valence-corrected chi connectivity index (χ4v) is 4.00. The van der Waals surface area contributed by atoms with E-state index in [-0.39, 0.29) is 31.7 Å². The van der Waals surface area contributed by atoms with Crippen LogP contribution in [0.15, 0.2) is 66.7 Å². The van der Waals surface area contributed by atoms with Crippen LogP contribution in [0.25, 0.3) is 0 Å². The second-order valence-electron chi connectivity index (χ2n) is 8.11. The number of anilines is 2. The molecule has 178 valence electrons. The van der Waals surface area contributed by atoms with Crippen LogP contribution in [0.3, 0.4) is 0 Å². The van der Waals surface area contributed by atoms with Crippen molar-refractivity contribution in [1.29, 1.82) is 0 Å². The minimum Gasteiger partial charge on any atom is -0.476 e. The van der Waals surface area contributed by atoms with E-state index in [0.717, 1.165) is 5.56 Å². The Morgan fingerprint density at radius 1 is 0.943 bits per heavy atom. The molecule has 0 radical (unpaired) electrons. The smallest absolute Gasteiger partial charge is 0.267 e. The van der Waals surface area contributed by atoms with Gasteiger partial charge in [0.2, 0.25) is 12.7 Å². The van der Waals surface area contributed by atoms with Gasteiger partial charge in [-0.1, -0.05) is 30.3 Å². The molecule has 3 amide bonds. The molecule has 3 aromatic rings. The van der Waals surface area contributed by atoms with Gasteiger partial charge in [0, 0.05) is 13.5 Å². The van der Waals surface area contributed by atoms with E-state index in [0.29, 0.717) is 34.2 Å². The molecule has 1 unspecified atom stereocenters. The largest absolute Gasteiger partial charge is 0.476 e. The van der Waals surface area contributed by atoms with Crippen LogP contribution in [0.1, 0.15) is 22.8 Å². The molecular weight excluding hydrogens is 450 g/mol. The zero-order chi connectivity index (χ0) is 24.4. The summed E-state index contributed by atoms with van der Waals surface area (Å²) < 4.78 is 16.5.